The summed E-state index contributed by atoms with van der Waals surface area (Å²) in [5, 5.41) is 0.452. The van der Waals surface area contributed by atoms with Gasteiger partial charge in [-0.05, 0) is 43.3 Å². The van der Waals surface area contributed by atoms with Crippen LogP contribution in [0.4, 0.5) is 13.2 Å². The van der Waals surface area contributed by atoms with Crippen LogP contribution in [0.1, 0.15) is 35.0 Å². The van der Waals surface area contributed by atoms with Crippen molar-refractivity contribution in [2.75, 3.05) is 20.3 Å². The van der Waals surface area contributed by atoms with Crippen LogP contribution in [0.25, 0.3) is 16.6 Å². The molecule has 0 fully saturated rings. The lowest BCUT2D eigenvalue weighted by atomic mass is 10.00. The Morgan fingerprint density at radius 3 is 2.36 bits per heavy atom. The normalized spacial score (nSPS) is 11.3. The number of hydrogen-bond acceptors (Lipinski definition) is 6. The van der Waals surface area contributed by atoms with Crippen LogP contribution in [0, 0.1) is 6.92 Å². The van der Waals surface area contributed by atoms with E-state index in [1.54, 1.807) is 66.9 Å². The van der Waals surface area contributed by atoms with Gasteiger partial charge in [0.05, 0.1) is 18.2 Å². The van der Waals surface area contributed by atoms with Crippen molar-refractivity contribution in [3.8, 4) is 22.9 Å². The topological polar surface area (TPSA) is 76.0 Å². The van der Waals surface area contributed by atoms with Gasteiger partial charge in [-0.3, -0.25) is 9.59 Å². The Morgan fingerprint density at radius 2 is 1.64 bits per heavy atom. The minimum absolute atomic E-state index is 0.0692. The van der Waals surface area contributed by atoms with E-state index in [1.165, 1.54) is 25.3 Å². The molecule has 4 aromatic rings. The number of fused-ring (bicyclic) bond motifs is 1. The highest BCUT2D eigenvalue weighted by molar-refractivity contribution is 6.18. The number of halogens is 3. The second-order valence-corrected chi connectivity index (χ2v) is 8.50. The van der Waals surface area contributed by atoms with Gasteiger partial charge in [0.15, 0.2) is 5.78 Å². The predicted molar refractivity (Wildman–Crippen MR) is 138 cm³/mol. The summed E-state index contributed by atoms with van der Waals surface area (Å²) in [6.07, 6.45) is -4.62. The van der Waals surface area contributed by atoms with Crippen LogP contribution in [0.5, 0.6) is 17.2 Å². The van der Waals surface area contributed by atoms with E-state index >= 15 is 0 Å². The summed E-state index contributed by atoms with van der Waals surface area (Å²) in [5.74, 6) is -0.127. The number of aromatic nitrogens is 1. The Morgan fingerprint density at radius 1 is 0.897 bits per heavy atom. The lowest BCUT2D eigenvalue weighted by Crippen LogP contribution is -2.17. The van der Waals surface area contributed by atoms with E-state index in [-0.39, 0.29) is 31.4 Å². The molecule has 0 N–H and O–H groups in total. The molecule has 0 radical (unpaired) electrons. The van der Waals surface area contributed by atoms with Gasteiger partial charge in [-0.2, -0.15) is 0 Å². The van der Waals surface area contributed by atoms with Gasteiger partial charge in [0, 0.05) is 40.9 Å². The first kappa shape index (κ1) is 27.6. The average molecular weight is 542 g/mol. The summed E-state index contributed by atoms with van der Waals surface area (Å²) in [7, 11) is 1.49. The van der Waals surface area contributed by atoms with Gasteiger partial charge in [0.25, 0.3) is 0 Å². The molecule has 0 bridgehead atoms. The molecular formula is C29H26F3NO6. The Kier molecular flexibility index (Phi) is 8.13. The minimum atomic E-state index is -4.88. The maximum absolute atomic E-state index is 13.7. The fraction of sp³-hybridized carbons (Fsp3) is 0.241. The third-order valence-corrected chi connectivity index (χ3v) is 5.95. The number of esters is 1. The third kappa shape index (κ3) is 6.34. The van der Waals surface area contributed by atoms with E-state index in [9.17, 15) is 22.8 Å². The number of rotatable bonds is 10. The summed E-state index contributed by atoms with van der Waals surface area (Å²) in [4.78, 5) is 25.0. The van der Waals surface area contributed by atoms with Crippen molar-refractivity contribution in [1.29, 1.82) is 0 Å². The van der Waals surface area contributed by atoms with E-state index in [0.29, 0.717) is 44.9 Å². The number of carbonyl (C=O) groups is 2. The Bertz CT molecular complexity index is 1510. The molecule has 1 aromatic heterocycles. The average Bonchev–Trinajstić information content (AvgIpc) is 3.20. The molecule has 204 valence electrons. The Labute approximate surface area is 222 Å². The second kappa shape index (κ2) is 11.5. The highest BCUT2D eigenvalue weighted by Gasteiger charge is 2.32. The van der Waals surface area contributed by atoms with Crippen molar-refractivity contribution in [2.24, 2.45) is 0 Å². The van der Waals surface area contributed by atoms with Crippen molar-refractivity contribution in [1.82, 2.24) is 4.57 Å². The van der Waals surface area contributed by atoms with Gasteiger partial charge in [-0.25, -0.2) is 0 Å². The minimum Gasteiger partial charge on any atom is -0.497 e. The van der Waals surface area contributed by atoms with Crippen molar-refractivity contribution < 1.29 is 41.7 Å². The fourth-order valence-corrected chi connectivity index (χ4v) is 4.25. The molecule has 39 heavy (non-hydrogen) atoms. The molecule has 0 saturated carbocycles. The van der Waals surface area contributed by atoms with Crippen molar-refractivity contribution in [2.45, 2.75) is 26.6 Å². The van der Waals surface area contributed by atoms with Crippen LogP contribution in [0.3, 0.4) is 0 Å². The largest absolute Gasteiger partial charge is 0.573 e. The maximum atomic E-state index is 13.7. The number of ether oxygens (including phenoxy) is 4. The second-order valence-electron chi connectivity index (χ2n) is 8.50. The Hall–Kier alpha value is -4.47. The molecule has 0 spiro atoms. The van der Waals surface area contributed by atoms with Crippen LogP contribution in [0.2, 0.25) is 0 Å². The molecule has 0 aliphatic heterocycles. The van der Waals surface area contributed by atoms with Crippen LogP contribution in [-0.2, 0) is 9.53 Å². The fourth-order valence-electron chi connectivity index (χ4n) is 4.25. The third-order valence-electron chi connectivity index (χ3n) is 5.95. The number of hydrogen-bond donors (Lipinski definition) is 0. The van der Waals surface area contributed by atoms with E-state index < -0.39 is 12.1 Å². The van der Waals surface area contributed by atoms with E-state index in [2.05, 4.69) is 4.74 Å². The van der Waals surface area contributed by atoms with Gasteiger partial charge >= 0.3 is 12.3 Å². The SMILES string of the molecule is CCC(=O)OCCOc1cccc(-n2c(C)c(C(=O)c3cccc(OC)c3)c3ccc(OC(F)(F)F)cc32)c1. The van der Waals surface area contributed by atoms with Crippen molar-refractivity contribution in [3.63, 3.8) is 0 Å². The molecule has 1 heterocycles. The molecule has 0 unspecified atom stereocenters. The quantitative estimate of drug-likeness (QED) is 0.131. The van der Waals surface area contributed by atoms with E-state index in [1.807, 2.05) is 0 Å². The van der Waals surface area contributed by atoms with Gasteiger partial charge in [0.2, 0.25) is 0 Å². The first-order valence-corrected chi connectivity index (χ1v) is 12.1. The van der Waals surface area contributed by atoms with Crippen LogP contribution >= 0.6 is 0 Å². The lowest BCUT2D eigenvalue weighted by Gasteiger charge is -2.13. The van der Waals surface area contributed by atoms with Gasteiger partial charge in [0.1, 0.15) is 30.5 Å². The highest BCUT2D eigenvalue weighted by atomic mass is 19.4. The monoisotopic (exact) mass is 541 g/mol. The molecule has 0 amide bonds. The zero-order valence-corrected chi connectivity index (χ0v) is 21.5. The van der Waals surface area contributed by atoms with Gasteiger partial charge in [-0.1, -0.05) is 25.1 Å². The first-order chi connectivity index (χ1) is 18.6. The highest BCUT2D eigenvalue weighted by Crippen LogP contribution is 2.35. The number of alkyl halides is 3. The molecule has 0 saturated heterocycles. The lowest BCUT2D eigenvalue weighted by molar-refractivity contribution is -0.274. The van der Waals surface area contributed by atoms with Gasteiger partial charge < -0.3 is 23.5 Å². The summed E-state index contributed by atoms with van der Waals surface area (Å²) in [6, 6.07) is 17.4. The summed E-state index contributed by atoms with van der Waals surface area (Å²) in [5.41, 5.74) is 2.10. The standard InChI is InChI=1S/C29H26F3NO6/c1-4-26(34)38-14-13-37-22-10-6-8-20(16-22)33-18(2)27(28(35)19-7-5-9-21(15-19)36-3)24-12-11-23(17-25(24)33)39-29(30,31)32/h5-12,15-17H,4,13-14H2,1-3H3. The smallest absolute Gasteiger partial charge is 0.497 e. The number of methoxy groups -OCH3 is 1. The predicted octanol–water partition coefficient (Wildman–Crippen LogP) is 6.41. The Balaban J connectivity index is 1.79. The van der Waals surface area contributed by atoms with Crippen molar-refractivity contribution >= 4 is 22.7 Å². The summed E-state index contributed by atoms with van der Waals surface area (Å²) in [6.45, 7) is 3.59. The zero-order valence-electron chi connectivity index (χ0n) is 21.5. The maximum Gasteiger partial charge on any atom is 0.573 e. The summed E-state index contributed by atoms with van der Waals surface area (Å²) >= 11 is 0. The molecule has 0 aliphatic carbocycles. The summed E-state index contributed by atoms with van der Waals surface area (Å²) < 4.78 is 60.8. The molecule has 7 nitrogen and oxygen atoms in total. The molecule has 0 atom stereocenters. The number of benzene rings is 3. The molecular weight excluding hydrogens is 515 g/mol. The van der Waals surface area contributed by atoms with Crippen molar-refractivity contribution in [3.05, 3.63) is 83.6 Å². The molecule has 4 rings (SSSR count). The number of nitrogens with zero attached hydrogens (tertiary/aromatic N) is 1. The molecule has 3 aromatic carbocycles. The van der Waals surface area contributed by atoms with E-state index in [0.717, 1.165) is 0 Å². The number of ketones is 1. The van der Waals surface area contributed by atoms with Crippen LogP contribution in [0.15, 0.2) is 66.7 Å². The molecule has 10 heteroatoms. The zero-order chi connectivity index (χ0) is 28.2. The molecule has 0 aliphatic rings. The van der Waals surface area contributed by atoms with E-state index in [4.69, 9.17) is 14.2 Å². The number of carbonyl (C=O) groups excluding carboxylic acids is 2. The van der Waals surface area contributed by atoms with Crippen LogP contribution in [-0.4, -0.2) is 43.0 Å². The van der Waals surface area contributed by atoms with Gasteiger partial charge in [-0.15, -0.1) is 13.2 Å². The first-order valence-electron chi connectivity index (χ1n) is 12.1. The van der Waals surface area contributed by atoms with Crippen LogP contribution < -0.4 is 14.2 Å².